The van der Waals surface area contributed by atoms with Gasteiger partial charge in [-0.2, -0.15) is 5.26 Å². The van der Waals surface area contributed by atoms with Crippen LogP contribution < -0.4 is 5.32 Å². The molecule has 0 bridgehead atoms. The highest BCUT2D eigenvalue weighted by atomic mass is 15.3. The number of nitriles is 1. The molecule has 0 aliphatic heterocycles. The molecule has 13 heavy (non-hydrogen) atoms. The van der Waals surface area contributed by atoms with E-state index < -0.39 is 0 Å². The first-order valence-electron chi connectivity index (χ1n) is 4.37. The van der Waals surface area contributed by atoms with Crippen LogP contribution in [-0.4, -0.2) is 27.9 Å². The van der Waals surface area contributed by atoms with Crippen LogP contribution in [0.3, 0.4) is 0 Å². The average Bonchev–Trinajstić information content (AvgIpc) is 2.60. The zero-order valence-corrected chi connectivity index (χ0v) is 7.69. The van der Waals surface area contributed by atoms with Crippen molar-refractivity contribution in [1.82, 2.24) is 20.1 Å². The highest BCUT2D eigenvalue weighted by molar-refractivity contribution is 5.05. The first-order chi connectivity index (χ1) is 6.36. The fourth-order valence-electron chi connectivity index (χ4n) is 0.949. The second-order valence-corrected chi connectivity index (χ2v) is 2.69. The van der Waals surface area contributed by atoms with Crippen molar-refractivity contribution in [3.63, 3.8) is 0 Å². The standard InChI is InChI=1S/C8H13N5/c1-2-3-10-4-5-13-7-11-8(6-9)12-13/h7,10H,2-5H2,1H3. The summed E-state index contributed by atoms with van der Waals surface area (Å²) >= 11 is 0. The second kappa shape index (κ2) is 5.27. The SMILES string of the molecule is CCCNCCn1cnc(C#N)n1. The molecule has 0 fully saturated rings. The first-order valence-corrected chi connectivity index (χ1v) is 4.37. The predicted molar refractivity (Wildman–Crippen MR) is 47.9 cm³/mol. The molecular weight excluding hydrogens is 166 g/mol. The van der Waals surface area contributed by atoms with Crippen LogP contribution in [0.25, 0.3) is 0 Å². The molecule has 0 spiro atoms. The van der Waals surface area contributed by atoms with E-state index in [1.165, 1.54) is 0 Å². The molecule has 1 aromatic heterocycles. The average molecular weight is 179 g/mol. The summed E-state index contributed by atoms with van der Waals surface area (Å²) in [5.41, 5.74) is 0. The molecule has 0 unspecified atom stereocenters. The molecule has 0 amide bonds. The van der Waals surface area contributed by atoms with Gasteiger partial charge < -0.3 is 5.32 Å². The Morgan fingerprint density at radius 3 is 3.08 bits per heavy atom. The van der Waals surface area contributed by atoms with Crippen molar-refractivity contribution in [2.75, 3.05) is 13.1 Å². The molecule has 5 heteroatoms. The summed E-state index contributed by atoms with van der Waals surface area (Å²) in [7, 11) is 0. The van der Waals surface area contributed by atoms with E-state index in [0.29, 0.717) is 0 Å². The largest absolute Gasteiger partial charge is 0.315 e. The zero-order chi connectivity index (χ0) is 9.52. The van der Waals surface area contributed by atoms with Gasteiger partial charge in [0.1, 0.15) is 12.4 Å². The smallest absolute Gasteiger partial charge is 0.252 e. The van der Waals surface area contributed by atoms with Gasteiger partial charge in [-0.1, -0.05) is 6.92 Å². The molecule has 0 radical (unpaired) electrons. The Bertz CT molecular complexity index is 285. The number of nitrogens with one attached hydrogen (secondary N) is 1. The molecular formula is C8H13N5. The third-order valence-electron chi connectivity index (χ3n) is 1.58. The molecule has 0 saturated carbocycles. The summed E-state index contributed by atoms with van der Waals surface area (Å²) < 4.78 is 1.67. The molecule has 1 N–H and O–H groups in total. The fraction of sp³-hybridized carbons (Fsp3) is 0.625. The molecule has 0 aliphatic rings. The first kappa shape index (κ1) is 9.68. The van der Waals surface area contributed by atoms with Crippen molar-refractivity contribution in [3.05, 3.63) is 12.2 Å². The van der Waals surface area contributed by atoms with Crippen molar-refractivity contribution in [1.29, 1.82) is 5.26 Å². The Morgan fingerprint density at radius 2 is 2.46 bits per heavy atom. The second-order valence-electron chi connectivity index (χ2n) is 2.69. The minimum absolute atomic E-state index is 0.232. The summed E-state index contributed by atoms with van der Waals surface area (Å²) in [6.45, 7) is 4.76. The molecule has 0 aliphatic carbocycles. The van der Waals surface area contributed by atoms with Crippen LogP contribution in [0, 0.1) is 11.3 Å². The van der Waals surface area contributed by atoms with Crippen LogP contribution in [0.2, 0.25) is 0 Å². The number of aromatic nitrogens is 3. The summed E-state index contributed by atoms with van der Waals surface area (Å²) in [5.74, 6) is 0.232. The zero-order valence-electron chi connectivity index (χ0n) is 7.69. The van der Waals surface area contributed by atoms with Gasteiger partial charge in [-0.05, 0) is 13.0 Å². The lowest BCUT2D eigenvalue weighted by Crippen LogP contribution is -2.20. The van der Waals surface area contributed by atoms with Crippen LogP contribution >= 0.6 is 0 Å². The number of hydrogen-bond donors (Lipinski definition) is 1. The molecule has 1 rings (SSSR count). The third-order valence-corrected chi connectivity index (χ3v) is 1.58. The quantitative estimate of drug-likeness (QED) is 0.653. The van der Waals surface area contributed by atoms with E-state index in [0.717, 1.165) is 26.1 Å². The van der Waals surface area contributed by atoms with Gasteiger partial charge in [-0.15, -0.1) is 5.10 Å². The normalized spacial score (nSPS) is 9.85. The lowest BCUT2D eigenvalue weighted by atomic mass is 10.5. The lowest BCUT2D eigenvalue weighted by molar-refractivity contribution is 0.551. The van der Waals surface area contributed by atoms with Crippen molar-refractivity contribution in [3.8, 4) is 6.07 Å². The Kier molecular flexibility index (Phi) is 3.93. The van der Waals surface area contributed by atoms with E-state index in [4.69, 9.17) is 5.26 Å². The summed E-state index contributed by atoms with van der Waals surface area (Å²) in [6.07, 6.45) is 2.70. The Hall–Kier alpha value is -1.41. The Morgan fingerprint density at radius 1 is 1.62 bits per heavy atom. The molecule has 0 aromatic carbocycles. The number of nitrogens with zero attached hydrogens (tertiary/aromatic N) is 4. The van der Waals surface area contributed by atoms with Crippen LogP contribution in [0.1, 0.15) is 19.2 Å². The van der Waals surface area contributed by atoms with Crippen LogP contribution in [0.5, 0.6) is 0 Å². The maximum atomic E-state index is 8.46. The van der Waals surface area contributed by atoms with E-state index in [1.807, 2.05) is 6.07 Å². The third kappa shape index (κ3) is 3.22. The van der Waals surface area contributed by atoms with Crippen molar-refractivity contribution in [2.24, 2.45) is 0 Å². The van der Waals surface area contributed by atoms with Crippen molar-refractivity contribution < 1.29 is 0 Å². The van der Waals surface area contributed by atoms with Crippen molar-refractivity contribution in [2.45, 2.75) is 19.9 Å². The van der Waals surface area contributed by atoms with Crippen LogP contribution in [0.4, 0.5) is 0 Å². The van der Waals surface area contributed by atoms with Gasteiger partial charge in [0.25, 0.3) is 5.82 Å². The maximum Gasteiger partial charge on any atom is 0.252 e. The monoisotopic (exact) mass is 179 g/mol. The van der Waals surface area contributed by atoms with E-state index in [-0.39, 0.29) is 5.82 Å². The maximum absolute atomic E-state index is 8.46. The van der Waals surface area contributed by atoms with Crippen LogP contribution in [0.15, 0.2) is 6.33 Å². The highest BCUT2D eigenvalue weighted by Gasteiger charge is 1.96. The van der Waals surface area contributed by atoms with E-state index in [9.17, 15) is 0 Å². The van der Waals surface area contributed by atoms with Crippen molar-refractivity contribution >= 4 is 0 Å². The van der Waals surface area contributed by atoms with Gasteiger partial charge in [-0.25, -0.2) is 4.98 Å². The van der Waals surface area contributed by atoms with Gasteiger partial charge in [0.2, 0.25) is 0 Å². The van der Waals surface area contributed by atoms with Crippen LogP contribution in [-0.2, 0) is 6.54 Å². The molecule has 0 atom stereocenters. The number of hydrogen-bond acceptors (Lipinski definition) is 4. The van der Waals surface area contributed by atoms with E-state index >= 15 is 0 Å². The Balaban J connectivity index is 2.25. The van der Waals surface area contributed by atoms with E-state index in [2.05, 4.69) is 22.3 Å². The van der Waals surface area contributed by atoms with E-state index in [1.54, 1.807) is 11.0 Å². The van der Waals surface area contributed by atoms with Gasteiger partial charge in [-0.3, -0.25) is 4.68 Å². The van der Waals surface area contributed by atoms with Gasteiger partial charge in [0.05, 0.1) is 6.54 Å². The topological polar surface area (TPSA) is 66.5 Å². The van der Waals surface area contributed by atoms with Gasteiger partial charge in [0, 0.05) is 6.54 Å². The molecule has 0 saturated heterocycles. The molecule has 1 aromatic rings. The summed E-state index contributed by atoms with van der Waals surface area (Å²) in [4.78, 5) is 3.80. The summed E-state index contributed by atoms with van der Waals surface area (Å²) in [5, 5.41) is 15.6. The van der Waals surface area contributed by atoms with Gasteiger partial charge in [0.15, 0.2) is 0 Å². The minimum atomic E-state index is 0.232. The van der Waals surface area contributed by atoms with Gasteiger partial charge >= 0.3 is 0 Å². The predicted octanol–water partition coefficient (Wildman–Crippen LogP) is 0.149. The number of rotatable bonds is 5. The highest BCUT2D eigenvalue weighted by Crippen LogP contribution is 1.85. The Labute approximate surface area is 77.4 Å². The molecule has 5 nitrogen and oxygen atoms in total. The fourth-order valence-corrected chi connectivity index (χ4v) is 0.949. The summed E-state index contributed by atoms with van der Waals surface area (Å²) in [6, 6.07) is 1.89. The molecule has 1 heterocycles. The molecule has 70 valence electrons. The minimum Gasteiger partial charge on any atom is -0.315 e. The lowest BCUT2D eigenvalue weighted by Gasteiger charge is -2.01.